The van der Waals surface area contributed by atoms with Gasteiger partial charge in [-0.1, -0.05) is 6.07 Å². The van der Waals surface area contributed by atoms with Crippen LogP contribution in [0, 0.1) is 13.8 Å². The van der Waals surface area contributed by atoms with Crippen molar-refractivity contribution in [2.45, 2.75) is 33.9 Å². The van der Waals surface area contributed by atoms with Crippen LogP contribution in [0.4, 0.5) is 0 Å². The van der Waals surface area contributed by atoms with Crippen molar-refractivity contribution in [2.75, 3.05) is 13.2 Å². The fourth-order valence-electron chi connectivity index (χ4n) is 2.21. The van der Waals surface area contributed by atoms with Crippen molar-refractivity contribution in [3.05, 3.63) is 35.3 Å². The Morgan fingerprint density at radius 1 is 1.25 bits per heavy atom. The van der Waals surface area contributed by atoms with E-state index in [4.69, 9.17) is 9.05 Å². The molecule has 0 aliphatic rings. The van der Waals surface area contributed by atoms with Gasteiger partial charge in [-0.15, -0.1) is 0 Å². The van der Waals surface area contributed by atoms with Gasteiger partial charge in [-0.2, -0.15) is 0 Å². The summed E-state index contributed by atoms with van der Waals surface area (Å²) in [6.45, 7) is 8.35. The first-order valence-electron chi connectivity index (χ1n) is 6.82. The van der Waals surface area contributed by atoms with E-state index < -0.39 is 7.60 Å². The van der Waals surface area contributed by atoms with Crippen LogP contribution in [0.1, 0.15) is 30.8 Å². The summed E-state index contributed by atoms with van der Waals surface area (Å²) >= 11 is 0. The minimum Gasteiger partial charge on any atom is -0.309 e. The standard InChI is InChI=1S/C14H21N2O3P/c1-5-18-20(17,19-6-2)10-13-8-7-9-16-12(4)11(3)15-14(13)16/h7-9H,5-6,10H2,1-4H3. The molecule has 0 saturated carbocycles. The van der Waals surface area contributed by atoms with Gasteiger partial charge in [0, 0.05) is 17.5 Å². The molecular formula is C14H21N2O3P. The van der Waals surface area contributed by atoms with Crippen molar-refractivity contribution in [1.82, 2.24) is 9.38 Å². The molecule has 2 aromatic heterocycles. The number of hydrogen-bond acceptors (Lipinski definition) is 4. The second-order valence-corrected chi connectivity index (χ2v) is 6.67. The number of nitrogens with zero attached hydrogens (tertiary/aromatic N) is 2. The molecule has 20 heavy (non-hydrogen) atoms. The molecule has 0 amide bonds. The Bertz CT molecular complexity index is 641. The summed E-state index contributed by atoms with van der Waals surface area (Å²) < 4.78 is 25.4. The molecule has 2 rings (SSSR count). The highest BCUT2D eigenvalue weighted by Crippen LogP contribution is 2.51. The molecule has 5 nitrogen and oxygen atoms in total. The van der Waals surface area contributed by atoms with Crippen LogP contribution < -0.4 is 0 Å². The summed E-state index contributed by atoms with van der Waals surface area (Å²) in [5, 5.41) is 0. The minimum absolute atomic E-state index is 0.245. The Kier molecular flexibility index (Phi) is 4.63. The predicted molar refractivity (Wildman–Crippen MR) is 79.2 cm³/mol. The predicted octanol–water partition coefficient (Wildman–Crippen LogP) is 3.72. The molecule has 0 spiro atoms. The van der Waals surface area contributed by atoms with E-state index in [9.17, 15) is 4.57 Å². The highest BCUT2D eigenvalue weighted by molar-refractivity contribution is 7.53. The van der Waals surface area contributed by atoms with Gasteiger partial charge in [0.25, 0.3) is 0 Å². The number of pyridine rings is 1. The molecule has 0 saturated heterocycles. The zero-order chi connectivity index (χ0) is 14.8. The Morgan fingerprint density at radius 3 is 2.50 bits per heavy atom. The molecule has 0 radical (unpaired) electrons. The quantitative estimate of drug-likeness (QED) is 0.762. The number of aryl methyl sites for hydroxylation is 2. The van der Waals surface area contributed by atoms with E-state index >= 15 is 0 Å². The largest absolute Gasteiger partial charge is 0.335 e. The fraction of sp³-hybridized carbons (Fsp3) is 0.500. The van der Waals surface area contributed by atoms with Crippen LogP contribution in [0.2, 0.25) is 0 Å². The van der Waals surface area contributed by atoms with Crippen LogP contribution in [-0.4, -0.2) is 22.6 Å². The van der Waals surface area contributed by atoms with Crippen molar-refractivity contribution in [3.8, 4) is 0 Å². The van der Waals surface area contributed by atoms with E-state index in [0.717, 1.165) is 22.6 Å². The lowest BCUT2D eigenvalue weighted by Crippen LogP contribution is -2.01. The maximum atomic E-state index is 12.6. The lowest BCUT2D eigenvalue weighted by molar-refractivity contribution is 0.219. The molecule has 0 aromatic carbocycles. The van der Waals surface area contributed by atoms with Gasteiger partial charge >= 0.3 is 7.60 Å². The topological polar surface area (TPSA) is 52.8 Å². The third-order valence-electron chi connectivity index (χ3n) is 3.22. The lowest BCUT2D eigenvalue weighted by Gasteiger charge is -2.17. The summed E-state index contributed by atoms with van der Waals surface area (Å²) in [6.07, 6.45) is 2.20. The van der Waals surface area contributed by atoms with Crippen molar-refractivity contribution < 1.29 is 13.6 Å². The molecule has 0 fully saturated rings. The molecular weight excluding hydrogens is 275 g/mol. The molecule has 0 unspecified atom stereocenters. The summed E-state index contributed by atoms with van der Waals surface area (Å²) in [4.78, 5) is 4.55. The first-order chi connectivity index (χ1) is 9.50. The van der Waals surface area contributed by atoms with Crippen molar-refractivity contribution in [3.63, 3.8) is 0 Å². The van der Waals surface area contributed by atoms with Crippen molar-refractivity contribution in [2.24, 2.45) is 0 Å². The SMILES string of the molecule is CCOP(=O)(Cc1cccn2c(C)c(C)nc12)OCC. The average molecular weight is 296 g/mol. The van der Waals surface area contributed by atoms with Crippen LogP contribution in [0.15, 0.2) is 18.3 Å². The number of fused-ring (bicyclic) bond motifs is 1. The average Bonchev–Trinajstić information content (AvgIpc) is 2.68. The third kappa shape index (κ3) is 2.95. The van der Waals surface area contributed by atoms with Crippen LogP contribution in [0.25, 0.3) is 5.65 Å². The first-order valence-corrected chi connectivity index (χ1v) is 8.54. The third-order valence-corrected chi connectivity index (χ3v) is 5.25. The van der Waals surface area contributed by atoms with Crippen LogP contribution in [0.5, 0.6) is 0 Å². The summed E-state index contributed by atoms with van der Waals surface area (Å²) in [7, 11) is -3.10. The van der Waals surface area contributed by atoms with Crippen molar-refractivity contribution >= 4 is 13.2 Å². The van der Waals surface area contributed by atoms with Gasteiger partial charge in [-0.25, -0.2) is 4.98 Å². The van der Waals surface area contributed by atoms with Gasteiger partial charge in [0.2, 0.25) is 0 Å². The second-order valence-electron chi connectivity index (χ2n) is 4.61. The number of rotatable bonds is 6. The maximum absolute atomic E-state index is 12.6. The Balaban J connectivity index is 2.42. The molecule has 0 atom stereocenters. The summed E-state index contributed by atoms with van der Waals surface area (Å²) in [5.41, 5.74) is 3.76. The molecule has 0 bridgehead atoms. The molecule has 110 valence electrons. The second kappa shape index (κ2) is 6.08. The minimum atomic E-state index is -3.10. The van der Waals surface area contributed by atoms with Gasteiger partial charge in [0.05, 0.1) is 25.1 Å². The van der Waals surface area contributed by atoms with Gasteiger partial charge in [0.1, 0.15) is 5.65 Å². The molecule has 0 N–H and O–H groups in total. The zero-order valence-electron chi connectivity index (χ0n) is 12.4. The maximum Gasteiger partial charge on any atom is 0.335 e. The summed E-state index contributed by atoms with van der Waals surface area (Å²) in [6, 6.07) is 3.85. The van der Waals surface area contributed by atoms with E-state index in [1.54, 1.807) is 0 Å². The van der Waals surface area contributed by atoms with Gasteiger partial charge in [0.15, 0.2) is 0 Å². The molecule has 2 heterocycles. The monoisotopic (exact) mass is 296 g/mol. The van der Waals surface area contributed by atoms with E-state index in [-0.39, 0.29) is 6.16 Å². The molecule has 0 aliphatic carbocycles. The van der Waals surface area contributed by atoms with Crippen LogP contribution in [-0.2, 0) is 19.8 Å². The normalized spacial score (nSPS) is 12.2. The molecule has 0 aliphatic heterocycles. The van der Waals surface area contributed by atoms with Crippen LogP contribution >= 0.6 is 7.60 Å². The highest BCUT2D eigenvalue weighted by atomic mass is 31.2. The first kappa shape index (κ1) is 15.2. The molecule has 2 aromatic rings. The zero-order valence-corrected chi connectivity index (χ0v) is 13.3. The number of aromatic nitrogens is 2. The van der Waals surface area contributed by atoms with Crippen molar-refractivity contribution in [1.29, 1.82) is 0 Å². The van der Waals surface area contributed by atoms with Gasteiger partial charge in [-0.3, -0.25) is 4.57 Å². The summed E-state index contributed by atoms with van der Waals surface area (Å²) in [5.74, 6) is 0. The fourth-order valence-corrected chi connectivity index (χ4v) is 3.92. The highest BCUT2D eigenvalue weighted by Gasteiger charge is 2.25. The Labute approximate surface area is 119 Å². The van der Waals surface area contributed by atoms with Gasteiger partial charge < -0.3 is 13.4 Å². The van der Waals surface area contributed by atoms with E-state index in [2.05, 4.69) is 4.98 Å². The van der Waals surface area contributed by atoms with Crippen LogP contribution in [0.3, 0.4) is 0 Å². The molecule has 6 heteroatoms. The number of imidazole rings is 1. The van der Waals surface area contributed by atoms with E-state index in [0.29, 0.717) is 13.2 Å². The Morgan fingerprint density at radius 2 is 1.90 bits per heavy atom. The van der Waals surface area contributed by atoms with E-state index in [1.807, 2.05) is 50.4 Å². The number of hydrogen-bond donors (Lipinski definition) is 0. The van der Waals surface area contributed by atoms with Gasteiger partial charge in [-0.05, 0) is 33.8 Å². The van der Waals surface area contributed by atoms with E-state index in [1.165, 1.54) is 0 Å². The smallest absolute Gasteiger partial charge is 0.309 e. The Hall–Kier alpha value is -1.16. The lowest BCUT2D eigenvalue weighted by atomic mass is 10.3.